The van der Waals surface area contributed by atoms with Crippen LogP contribution < -0.4 is 5.56 Å². The number of rotatable bonds is 4. The zero-order valence-electron chi connectivity index (χ0n) is 12.6. The van der Waals surface area contributed by atoms with Crippen LogP contribution in [0.25, 0.3) is 0 Å². The fourth-order valence-electron chi connectivity index (χ4n) is 2.60. The van der Waals surface area contributed by atoms with E-state index in [0.29, 0.717) is 12.8 Å². The van der Waals surface area contributed by atoms with E-state index in [9.17, 15) is 26.8 Å². The summed E-state index contributed by atoms with van der Waals surface area (Å²) in [4.78, 5) is 27.3. The van der Waals surface area contributed by atoms with E-state index < -0.39 is 39.3 Å². The van der Waals surface area contributed by atoms with Crippen LogP contribution in [0.1, 0.15) is 36.5 Å². The number of pyridine rings is 1. The van der Waals surface area contributed by atoms with Crippen molar-refractivity contribution in [3.8, 4) is 0 Å². The Balaban J connectivity index is 2.42. The largest absolute Gasteiger partial charge is 0.330 e. The second-order valence-corrected chi connectivity index (χ2v) is 7.66. The average Bonchev–Trinajstić information content (AvgIpc) is 2.54. The number of hydrogen-bond acceptors (Lipinski definition) is 4. The summed E-state index contributed by atoms with van der Waals surface area (Å²) < 4.78 is 49.9. The van der Waals surface area contributed by atoms with Gasteiger partial charge in [0, 0.05) is 12.7 Å². The zero-order chi connectivity index (χ0) is 17.2. The van der Waals surface area contributed by atoms with Gasteiger partial charge in [-0.1, -0.05) is 6.92 Å². The van der Waals surface area contributed by atoms with Gasteiger partial charge in [-0.05, 0) is 25.3 Å². The average molecular weight is 348 g/mol. The highest BCUT2D eigenvalue weighted by molar-refractivity contribution is 7.91. The van der Waals surface area contributed by atoms with E-state index in [1.165, 1.54) is 6.92 Å². The monoisotopic (exact) mass is 348 g/mol. The van der Waals surface area contributed by atoms with Crippen molar-refractivity contribution in [3.63, 3.8) is 0 Å². The maximum atomic E-state index is 13.1. The van der Waals surface area contributed by atoms with Crippen molar-refractivity contribution in [1.29, 1.82) is 0 Å². The number of aromatic nitrogens is 1. The molecule has 0 saturated carbocycles. The summed E-state index contributed by atoms with van der Waals surface area (Å²) >= 11 is 0. The molecule has 6 nitrogen and oxygen atoms in total. The molecule has 1 amide bonds. The molecule has 1 atom stereocenters. The maximum absolute atomic E-state index is 13.1. The van der Waals surface area contributed by atoms with E-state index in [1.807, 2.05) is 0 Å². The number of likely N-dealkylation sites (tertiary alicyclic amines) is 1. The Morgan fingerprint density at radius 2 is 2.13 bits per heavy atom. The van der Waals surface area contributed by atoms with Gasteiger partial charge >= 0.3 is 0 Å². The molecule has 0 radical (unpaired) electrons. The van der Waals surface area contributed by atoms with Crippen LogP contribution in [-0.4, -0.2) is 49.0 Å². The predicted octanol–water partition coefficient (Wildman–Crippen LogP) is 1.43. The van der Waals surface area contributed by atoms with Gasteiger partial charge in [0.05, 0.1) is 16.7 Å². The Bertz CT molecular complexity index is 745. The van der Waals surface area contributed by atoms with Crippen molar-refractivity contribution in [2.45, 2.75) is 43.5 Å². The molecule has 1 aliphatic heterocycles. The molecule has 1 aromatic rings. The molecule has 23 heavy (non-hydrogen) atoms. The van der Waals surface area contributed by atoms with Crippen molar-refractivity contribution in [3.05, 3.63) is 28.2 Å². The van der Waals surface area contributed by atoms with E-state index in [0.717, 1.165) is 17.2 Å². The van der Waals surface area contributed by atoms with Crippen LogP contribution in [0.3, 0.4) is 0 Å². The second kappa shape index (κ2) is 6.77. The smallest absolute Gasteiger partial charge is 0.260 e. The van der Waals surface area contributed by atoms with Crippen molar-refractivity contribution in [1.82, 2.24) is 9.88 Å². The predicted molar refractivity (Wildman–Crippen MR) is 79.5 cm³/mol. The van der Waals surface area contributed by atoms with Gasteiger partial charge in [0.1, 0.15) is 5.56 Å². The first-order valence-electron chi connectivity index (χ1n) is 7.32. The number of carbonyl (C=O) groups excluding carboxylic acids is 1. The number of nitrogens with zero attached hydrogens (tertiary/aromatic N) is 1. The summed E-state index contributed by atoms with van der Waals surface area (Å²) in [6, 6.07) is -0.279. The first-order chi connectivity index (χ1) is 10.8. The number of alkyl halides is 2. The molecule has 9 heteroatoms. The standard InChI is InChI=1S/C14H18F2N2O4S/c1-2-23(21,22)9-7-10(13(19)17-8-9)14(20)18-6-4-3-5-11(18)12(15)16/h7-8,11-12H,2-6H2,1H3,(H,17,19). The Morgan fingerprint density at radius 3 is 2.74 bits per heavy atom. The van der Waals surface area contributed by atoms with E-state index in [1.54, 1.807) is 0 Å². The van der Waals surface area contributed by atoms with Crippen LogP contribution in [0.4, 0.5) is 8.78 Å². The molecule has 1 aliphatic rings. The van der Waals surface area contributed by atoms with E-state index in [4.69, 9.17) is 0 Å². The number of carbonyl (C=O) groups is 1. The molecular weight excluding hydrogens is 330 g/mol. The fraction of sp³-hybridized carbons (Fsp3) is 0.571. The third-order valence-electron chi connectivity index (χ3n) is 3.95. The number of H-pyrrole nitrogens is 1. The van der Waals surface area contributed by atoms with E-state index in [-0.39, 0.29) is 23.6 Å². The third kappa shape index (κ3) is 3.60. The molecule has 0 aliphatic carbocycles. The highest BCUT2D eigenvalue weighted by atomic mass is 32.2. The van der Waals surface area contributed by atoms with E-state index in [2.05, 4.69) is 4.98 Å². The molecule has 1 saturated heterocycles. The Morgan fingerprint density at radius 1 is 1.43 bits per heavy atom. The minimum Gasteiger partial charge on any atom is -0.330 e. The van der Waals surface area contributed by atoms with Gasteiger partial charge in [0.15, 0.2) is 9.84 Å². The molecular formula is C14H18F2N2O4S. The molecule has 1 fully saturated rings. The highest BCUT2D eigenvalue weighted by Crippen LogP contribution is 2.24. The lowest BCUT2D eigenvalue weighted by molar-refractivity contribution is 0.00672. The van der Waals surface area contributed by atoms with Crippen molar-refractivity contribution < 1.29 is 22.0 Å². The molecule has 1 unspecified atom stereocenters. The number of hydrogen-bond donors (Lipinski definition) is 1. The van der Waals surface area contributed by atoms with Crippen LogP contribution in [-0.2, 0) is 9.84 Å². The third-order valence-corrected chi connectivity index (χ3v) is 5.66. The lowest BCUT2D eigenvalue weighted by Gasteiger charge is -2.35. The highest BCUT2D eigenvalue weighted by Gasteiger charge is 2.34. The lowest BCUT2D eigenvalue weighted by atomic mass is 10.0. The number of aromatic amines is 1. The second-order valence-electron chi connectivity index (χ2n) is 5.38. The van der Waals surface area contributed by atoms with Crippen LogP contribution in [0.15, 0.2) is 22.0 Å². The van der Waals surface area contributed by atoms with Crippen LogP contribution in [0.5, 0.6) is 0 Å². The number of amides is 1. The Labute approximate surface area is 132 Å². The molecule has 0 aromatic carbocycles. The summed E-state index contributed by atoms with van der Waals surface area (Å²) in [7, 11) is -3.62. The summed E-state index contributed by atoms with van der Waals surface area (Å²) in [5.41, 5.74) is -1.21. The van der Waals surface area contributed by atoms with Gasteiger partial charge in [-0.25, -0.2) is 17.2 Å². The summed E-state index contributed by atoms with van der Waals surface area (Å²) in [6.45, 7) is 1.55. The number of halogens is 2. The van der Waals surface area contributed by atoms with Crippen LogP contribution in [0.2, 0.25) is 0 Å². The minimum absolute atomic E-state index is 0.123. The van der Waals surface area contributed by atoms with Gasteiger partial charge < -0.3 is 9.88 Å². The van der Waals surface area contributed by atoms with Crippen molar-refractivity contribution in [2.24, 2.45) is 0 Å². The first-order valence-corrected chi connectivity index (χ1v) is 8.97. The summed E-state index contributed by atoms with van der Waals surface area (Å²) in [5, 5.41) is 0. The number of piperidine rings is 1. The summed E-state index contributed by atoms with van der Waals surface area (Å²) in [6.07, 6.45) is -0.382. The van der Waals surface area contributed by atoms with Crippen molar-refractivity contribution in [2.75, 3.05) is 12.3 Å². The number of sulfone groups is 1. The maximum Gasteiger partial charge on any atom is 0.260 e. The molecule has 1 N–H and O–H groups in total. The van der Waals surface area contributed by atoms with Gasteiger partial charge in [0.25, 0.3) is 17.9 Å². The van der Waals surface area contributed by atoms with Crippen molar-refractivity contribution >= 4 is 15.7 Å². The topological polar surface area (TPSA) is 87.3 Å². The van der Waals surface area contributed by atoms with Crippen LogP contribution >= 0.6 is 0 Å². The van der Waals surface area contributed by atoms with E-state index >= 15 is 0 Å². The Hall–Kier alpha value is -1.77. The minimum atomic E-state index is -3.62. The molecule has 2 rings (SSSR count). The zero-order valence-corrected chi connectivity index (χ0v) is 13.4. The number of nitrogens with one attached hydrogen (secondary N) is 1. The first kappa shape index (κ1) is 17.6. The molecule has 0 bridgehead atoms. The summed E-state index contributed by atoms with van der Waals surface area (Å²) in [5.74, 6) is -1.06. The molecule has 0 spiro atoms. The van der Waals surface area contributed by atoms with Gasteiger partial charge in [0.2, 0.25) is 0 Å². The molecule has 128 valence electrons. The van der Waals surface area contributed by atoms with Gasteiger partial charge in [-0.15, -0.1) is 0 Å². The Kier molecular flexibility index (Phi) is 5.18. The van der Waals surface area contributed by atoms with Crippen LogP contribution in [0, 0.1) is 0 Å². The lowest BCUT2D eigenvalue weighted by Crippen LogP contribution is -2.48. The SMILES string of the molecule is CCS(=O)(=O)c1c[nH]c(=O)c(C(=O)N2CCCCC2C(F)F)c1. The molecule has 2 heterocycles. The molecule has 1 aromatic heterocycles. The van der Waals surface area contributed by atoms with Gasteiger partial charge in [-0.3, -0.25) is 9.59 Å². The fourth-order valence-corrected chi connectivity index (χ4v) is 3.46. The quantitative estimate of drug-likeness (QED) is 0.892. The van der Waals surface area contributed by atoms with Gasteiger partial charge in [-0.2, -0.15) is 0 Å². The normalized spacial score (nSPS) is 19.1.